The van der Waals surface area contributed by atoms with Crippen LogP contribution in [0, 0.1) is 0 Å². The van der Waals surface area contributed by atoms with Gasteiger partial charge in [0, 0.05) is 16.6 Å². The summed E-state index contributed by atoms with van der Waals surface area (Å²) in [6.07, 6.45) is 2.31. The minimum absolute atomic E-state index is 0.928. The molecule has 0 saturated carbocycles. The van der Waals surface area contributed by atoms with Crippen molar-refractivity contribution >= 4 is 22.2 Å². The third kappa shape index (κ3) is 3.50. The number of aryl methyl sites for hydroxylation is 1. The highest BCUT2D eigenvalue weighted by molar-refractivity contribution is 7.14. The van der Waals surface area contributed by atoms with E-state index in [2.05, 4.69) is 59.0 Å². The van der Waals surface area contributed by atoms with Crippen LogP contribution in [0.15, 0.2) is 60.0 Å². The lowest BCUT2D eigenvalue weighted by molar-refractivity contribution is 0.922. The first kappa shape index (κ1) is 13.8. The molecule has 106 valence electrons. The Balaban J connectivity index is 1.72. The van der Waals surface area contributed by atoms with Gasteiger partial charge in [0.2, 0.25) is 0 Å². The average Bonchev–Trinajstić information content (AvgIpc) is 2.99. The summed E-state index contributed by atoms with van der Waals surface area (Å²) in [7, 11) is 0. The van der Waals surface area contributed by atoms with Gasteiger partial charge in [0.05, 0.1) is 5.69 Å². The second-order valence-corrected chi connectivity index (χ2v) is 5.83. The van der Waals surface area contributed by atoms with Crippen LogP contribution in [0.3, 0.4) is 0 Å². The van der Waals surface area contributed by atoms with Crippen LogP contribution in [0.2, 0.25) is 0 Å². The van der Waals surface area contributed by atoms with Crippen molar-refractivity contribution in [1.29, 1.82) is 0 Å². The standard InChI is InChI=1S/C18H18N2S/c1-2-6-14-9-11-16(12-10-14)19-18-20-17(13-21-18)15-7-4-3-5-8-15/h3-5,7-13H,2,6H2,1H3,(H,19,20). The summed E-state index contributed by atoms with van der Waals surface area (Å²) >= 11 is 1.63. The van der Waals surface area contributed by atoms with Gasteiger partial charge < -0.3 is 5.32 Å². The Bertz CT molecular complexity index is 687. The summed E-state index contributed by atoms with van der Waals surface area (Å²) in [5.74, 6) is 0. The zero-order valence-corrected chi connectivity index (χ0v) is 12.9. The third-order valence-corrected chi connectivity index (χ3v) is 4.08. The molecular weight excluding hydrogens is 276 g/mol. The Morgan fingerprint density at radius 3 is 2.48 bits per heavy atom. The van der Waals surface area contributed by atoms with E-state index in [-0.39, 0.29) is 0 Å². The molecule has 3 rings (SSSR count). The predicted molar refractivity (Wildman–Crippen MR) is 91.3 cm³/mol. The molecule has 0 amide bonds. The van der Waals surface area contributed by atoms with Gasteiger partial charge in [-0.2, -0.15) is 0 Å². The first-order chi connectivity index (χ1) is 10.3. The number of aromatic nitrogens is 1. The summed E-state index contributed by atoms with van der Waals surface area (Å²) in [5, 5.41) is 6.39. The summed E-state index contributed by atoms with van der Waals surface area (Å²) in [6, 6.07) is 18.9. The molecule has 0 fully saturated rings. The molecule has 0 aliphatic rings. The van der Waals surface area contributed by atoms with Gasteiger partial charge in [-0.25, -0.2) is 4.98 Å². The minimum atomic E-state index is 0.928. The fourth-order valence-corrected chi connectivity index (χ4v) is 2.98. The second-order valence-electron chi connectivity index (χ2n) is 4.98. The molecular formula is C18H18N2S. The van der Waals surface area contributed by atoms with E-state index in [0.29, 0.717) is 0 Å². The summed E-state index contributed by atoms with van der Waals surface area (Å²) in [6.45, 7) is 2.20. The van der Waals surface area contributed by atoms with E-state index >= 15 is 0 Å². The van der Waals surface area contributed by atoms with E-state index in [1.165, 1.54) is 12.0 Å². The zero-order chi connectivity index (χ0) is 14.5. The summed E-state index contributed by atoms with van der Waals surface area (Å²) in [4.78, 5) is 4.64. The lowest BCUT2D eigenvalue weighted by atomic mass is 10.1. The lowest BCUT2D eigenvalue weighted by Crippen LogP contribution is -1.90. The van der Waals surface area contributed by atoms with Crippen LogP contribution < -0.4 is 5.32 Å². The van der Waals surface area contributed by atoms with Gasteiger partial charge in [-0.1, -0.05) is 55.8 Å². The van der Waals surface area contributed by atoms with E-state index in [9.17, 15) is 0 Å². The molecule has 3 aromatic rings. The Labute approximate surface area is 129 Å². The van der Waals surface area contributed by atoms with Crippen molar-refractivity contribution in [2.24, 2.45) is 0 Å². The maximum atomic E-state index is 4.64. The minimum Gasteiger partial charge on any atom is -0.332 e. The quantitative estimate of drug-likeness (QED) is 0.671. The monoisotopic (exact) mass is 294 g/mol. The van der Waals surface area contributed by atoms with Gasteiger partial charge in [0.15, 0.2) is 5.13 Å². The van der Waals surface area contributed by atoms with Crippen LogP contribution in [-0.4, -0.2) is 4.98 Å². The molecule has 0 aliphatic carbocycles. The fourth-order valence-electron chi connectivity index (χ4n) is 2.24. The van der Waals surface area contributed by atoms with E-state index in [1.807, 2.05) is 18.2 Å². The highest BCUT2D eigenvalue weighted by Crippen LogP contribution is 2.27. The molecule has 0 unspecified atom stereocenters. The number of hydrogen-bond donors (Lipinski definition) is 1. The molecule has 0 radical (unpaired) electrons. The van der Waals surface area contributed by atoms with Crippen LogP contribution >= 0.6 is 11.3 Å². The number of benzene rings is 2. The van der Waals surface area contributed by atoms with Crippen molar-refractivity contribution in [2.75, 3.05) is 5.32 Å². The Morgan fingerprint density at radius 2 is 1.76 bits per heavy atom. The molecule has 2 aromatic carbocycles. The molecule has 1 aromatic heterocycles. The van der Waals surface area contributed by atoms with Crippen molar-refractivity contribution < 1.29 is 0 Å². The molecule has 1 heterocycles. The van der Waals surface area contributed by atoms with E-state index < -0.39 is 0 Å². The van der Waals surface area contributed by atoms with Gasteiger partial charge in [0.1, 0.15) is 0 Å². The summed E-state index contributed by atoms with van der Waals surface area (Å²) < 4.78 is 0. The molecule has 1 N–H and O–H groups in total. The lowest BCUT2D eigenvalue weighted by Gasteiger charge is -2.04. The van der Waals surface area contributed by atoms with Crippen LogP contribution in [-0.2, 0) is 6.42 Å². The first-order valence-corrected chi connectivity index (χ1v) is 8.10. The fraction of sp³-hybridized carbons (Fsp3) is 0.167. The number of nitrogens with zero attached hydrogens (tertiary/aromatic N) is 1. The normalized spacial score (nSPS) is 10.5. The second kappa shape index (κ2) is 6.55. The highest BCUT2D eigenvalue weighted by atomic mass is 32.1. The van der Waals surface area contributed by atoms with Crippen molar-refractivity contribution in [2.45, 2.75) is 19.8 Å². The number of anilines is 2. The number of rotatable bonds is 5. The van der Waals surface area contributed by atoms with Crippen molar-refractivity contribution in [3.05, 3.63) is 65.5 Å². The van der Waals surface area contributed by atoms with Crippen LogP contribution in [0.4, 0.5) is 10.8 Å². The molecule has 0 saturated heterocycles. The predicted octanol–water partition coefficient (Wildman–Crippen LogP) is 5.51. The molecule has 0 bridgehead atoms. The van der Waals surface area contributed by atoms with Crippen LogP contribution in [0.1, 0.15) is 18.9 Å². The Kier molecular flexibility index (Phi) is 4.31. The van der Waals surface area contributed by atoms with Gasteiger partial charge in [-0.15, -0.1) is 11.3 Å². The maximum absolute atomic E-state index is 4.64. The maximum Gasteiger partial charge on any atom is 0.187 e. The van der Waals surface area contributed by atoms with Gasteiger partial charge >= 0.3 is 0 Å². The first-order valence-electron chi connectivity index (χ1n) is 7.22. The van der Waals surface area contributed by atoms with Crippen molar-refractivity contribution in [1.82, 2.24) is 4.98 Å². The molecule has 2 nitrogen and oxygen atoms in total. The van der Waals surface area contributed by atoms with Crippen LogP contribution in [0.25, 0.3) is 11.3 Å². The van der Waals surface area contributed by atoms with Crippen molar-refractivity contribution in [3.8, 4) is 11.3 Å². The highest BCUT2D eigenvalue weighted by Gasteiger charge is 2.04. The van der Waals surface area contributed by atoms with E-state index in [1.54, 1.807) is 11.3 Å². The molecule has 0 atom stereocenters. The number of thiazole rings is 1. The number of nitrogens with one attached hydrogen (secondary N) is 1. The zero-order valence-electron chi connectivity index (χ0n) is 12.0. The van der Waals surface area contributed by atoms with E-state index in [4.69, 9.17) is 0 Å². The van der Waals surface area contributed by atoms with Gasteiger partial charge in [0.25, 0.3) is 0 Å². The average molecular weight is 294 g/mol. The largest absolute Gasteiger partial charge is 0.332 e. The van der Waals surface area contributed by atoms with Crippen LogP contribution in [0.5, 0.6) is 0 Å². The SMILES string of the molecule is CCCc1ccc(Nc2nc(-c3ccccc3)cs2)cc1. The van der Waals surface area contributed by atoms with E-state index in [0.717, 1.165) is 28.5 Å². The number of hydrogen-bond acceptors (Lipinski definition) is 3. The van der Waals surface area contributed by atoms with Crippen molar-refractivity contribution in [3.63, 3.8) is 0 Å². The third-order valence-electron chi connectivity index (χ3n) is 3.32. The smallest absolute Gasteiger partial charge is 0.187 e. The summed E-state index contributed by atoms with van der Waals surface area (Å²) in [5.41, 5.74) is 4.64. The topological polar surface area (TPSA) is 24.9 Å². The molecule has 3 heteroatoms. The van der Waals surface area contributed by atoms with Gasteiger partial charge in [-0.3, -0.25) is 0 Å². The molecule has 0 aliphatic heterocycles. The molecule has 0 spiro atoms. The molecule has 21 heavy (non-hydrogen) atoms. The Hall–Kier alpha value is -2.13. The van der Waals surface area contributed by atoms with Gasteiger partial charge in [-0.05, 0) is 24.1 Å². The Morgan fingerprint density at radius 1 is 1.00 bits per heavy atom.